The van der Waals surface area contributed by atoms with E-state index in [4.69, 9.17) is 4.42 Å². The highest BCUT2D eigenvalue weighted by molar-refractivity contribution is 5.98. The highest BCUT2D eigenvalue weighted by Crippen LogP contribution is 2.26. The van der Waals surface area contributed by atoms with Crippen LogP contribution in [0, 0.1) is 0 Å². The Morgan fingerprint density at radius 3 is 2.64 bits per heavy atom. The van der Waals surface area contributed by atoms with E-state index in [1.54, 1.807) is 24.5 Å². The molecule has 0 fully saturated rings. The van der Waals surface area contributed by atoms with Crippen LogP contribution in [-0.4, -0.2) is 17.3 Å². The normalized spacial score (nSPS) is 12.0. The molecule has 0 aliphatic heterocycles. The molecule has 22 heavy (non-hydrogen) atoms. The van der Waals surface area contributed by atoms with Crippen molar-refractivity contribution in [2.45, 2.75) is 6.04 Å². The van der Waals surface area contributed by atoms with Gasteiger partial charge in [0.25, 0.3) is 5.91 Å². The zero-order chi connectivity index (χ0) is 15.5. The molecule has 1 unspecified atom stereocenters. The fraction of sp³-hybridized carbons (Fsp3) is 0.0588. The molecule has 0 aliphatic rings. The quantitative estimate of drug-likeness (QED) is 0.775. The number of hydrogen-bond acceptors (Lipinski definition) is 4. The number of carbonyl (C=O) groups is 1. The van der Waals surface area contributed by atoms with Crippen molar-refractivity contribution in [3.8, 4) is 5.75 Å². The smallest absolute Gasteiger partial charge is 0.255 e. The maximum Gasteiger partial charge on any atom is 0.255 e. The van der Waals surface area contributed by atoms with Gasteiger partial charge in [0.15, 0.2) is 6.04 Å². The van der Waals surface area contributed by atoms with Gasteiger partial charge in [0, 0.05) is 10.8 Å². The number of furan rings is 1. The highest BCUT2D eigenvalue weighted by Gasteiger charge is 2.22. The lowest BCUT2D eigenvalue weighted by atomic mass is 10.1. The molecule has 0 spiro atoms. The molecule has 0 saturated carbocycles. The van der Waals surface area contributed by atoms with E-state index in [0.29, 0.717) is 5.76 Å². The summed E-state index contributed by atoms with van der Waals surface area (Å²) in [6.45, 7) is 0. The molecular formula is C17H12NO4. The number of benzene rings is 2. The van der Waals surface area contributed by atoms with Gasteiger partial charge >= 0.3 is 0 Å². The number of amides is 1. The van der Waals surface area contributed by atoms with Crippen molar-refractivity contribution in [2.75, 3.05) is 0 Å². The van der Waals surface area contributed by atoms with E-state index in [-0.39, 0.29) is 11.3 Å². The minimum absolute atomic E-state index is 0.0820. The maximum absolute atomic E-state index is 12.2. The summed E-state index contributed by atoms with van der Waals surface area (Å²) in [5, 5.41) is 13.7. The number of para-hydroxylation sites is 1. The number of phenols is 1. The molecule has 1 heterocycles. The van der Waals surface area contributed by atoms with E-state index in [1.807, 2.05) is 18.2 Å². The van der Waals surface area contributed by atoms with Crippen molar-refractivity contribution >= 4 is 23.0 Å². The molecule has 109 valence electrons. The Morgan fingerprint density at radius 2 is 1.86 bits per heavy atom. The van der Waals surface area contributed by atoms with Gasteiger partial charge in [-0.3, -0.25) is 9.59 Å². The second-order valence-electron chi connectivity index (χ2n) is 4.73. The highest BCUT2D eigenvalue weighted by atomic mass is 16.3. The van der Waals surface area contributed by atoms with Crippen LogP contribution < -0.4 is 5.32 Å². The summed E-state index contributed by atoms with van der Waals surface area (Å²) >= 11 is 0. The monoisotopic (exact) mass is 294 g/mol. The topological polar surface area (TPSA) is 79.5 Å². The number of carbonyl (C=O) groups excluding carboxylic acids is 2. The summed E-state index contributed by atoms with van der Waals surface area (Å²) < 4.78 is 5.40. The van der Waals surface area contributed by atoms with Gasteiger partial charge in [-0.1, -0.05) is 36.4 Å². The van der Waals surface area contributed by atoms with E-state index in [1.165, 1.54) is 18.4 Å². The fourth-order valence-corrected chi connectivity index (χ4v) is 2.26. The molecule has 3 aromatic rings. The predicted molar refractivity (Wildman–Crippen MR) is 80.2 cm³/mol. The average Bonchev–Trinajstić information content (AvgIpc) is 2.97. The van der Waals surface area contributed by atoms with Crippen LogP contribution in [0.4, 0.5) is 0 Å². The van der Waals surface area contributed by atoms with Gasteiger partial charge in [-0.2, -0.15) is 0 Å². The zero-order valence-corrected chi connectivity index (χ0v) is 11.4. The molecule has 2 N–H and O–H groups in total. The second kappa shape index (κ2) is 5.73. The van der Waals surface area contributed by atoms with Crippen molar-refractivity contribution in [3.05, 3.63) is 66.1 Å². The Hall–Kier alpha value is -3.08. The second-order valence-corrected chi connectivity index (χ2v) is 4.73. The summed E-state index contributed by atoms with van der Waals surface area (Å²) in [5.41, 5.74) is 0.0820. The maximum atomic E-state index is 12.2. The van der Waals surface area contributed by atoms with Crippen LogP contribution in [-0.2, 0) is 4.79 Å². The standard InChI is InChI=1S/C17H12NO4/c19-9-14(16-12-6-2-1-5-11(12)10-22-16)18-17(21)13-7-3-4-8-15(13)20/h1-8,10,14,20H,(H,18,21). The van der Waals surface area contributed by atoms with Crippen LogP contribution in [0.2, 0.25) is 0 Å². The molecule has 0 saturated heterocycles. The number of rotatable bonds is 4. The van der Waals surface area contributed by atoms with Gasteiger partial charge in [0.1, 0.15) is 11.5 Å². The Balaban J connectivity index is 1.91. The third kappa shape index (κ3) is 2.44. The summed E-state index contributed by atoms with van der Waals surface area (Å²) in [6, 6.07) is 12.3. The van der Waals surface area contributed by atoms with E-state index in [2.05, 4.69) is 5.32 Å². The fourth-order valence-electron chi connectivity index (χ4n) is 2.26. The number of nitrogens with one attached hydrogen (secondary N) is 1. The largest absolute Gasteiger partial charge is 0.507 e. The first-order chi connectivity index (χ1) is 10.7. The van der Waals surface area contributed by atoms with E-state index >= 15 is 0 Å². The van der Waals surface area contributed by atoms with Gasteiger partial charge in [-0.25, -0.2) is 0 Å². The summed E-state index contributed by atoms with van der Waals surface area (Å²) in [6.07, 6.45) is 3.27. The van der Waals surface area contributed by atoms with Crippen molar-refractivity contribution < 1.29 is 19.1 Å². The Labute approximate surface area is 126 Å². The van der Waals surface area contributed by atoms with Gasteiger partial charge in [0.2, 0.25) is 6.29 Å². The SMILES string of the molecule is O=[C]C(NC(=O)c1ccccc1O)c1occ2ccccc12. The molecule has 1 aromatic heterocycles. The molecule has 0 aliphatic carbocycles. The molecule has 1 radical (unpaired) electrons. The predicted octanol–water partition coefficient (Wildman–Crippen LogP) is 2.72. The van der Waals surface area contributed by atoms with Crippen molar-refractivity contribution in [1.29, 1.82) is 0 Å². The Kier molecular flexibility index (Phi) is 3.62. The molecule has 3 rings (SSSR count). The number of hydrogen-bond donors (Lipinski definition) is 2. The first-order valence-electron chi connectivity index (χ1n) is 6.63. The van der Waals surface area contributed by atoms with Gasteiger partial charge < -0.3 is 14.8 Å². The lowest BCUT2D eigenvalue weighted by molar-refractivity contribution is 0.0940. The van der Waals surface area contributed by atoms with Gasteiger partial charge in [-0.15, -0.1) is 0 Å². The van der Waals surface area contributed by atoms with Crippen molar-refractivity contribution in [2.24, 2.45) is 0 Å². The first-order valence-corrected chi connectivity index (χ1v) is 6.63. The van der Waals surface area contributed by atoms with Gasteiger partial charge in [0.05, 0.1) is 11.8 Å². The molecule has 0 bridgehead atoms. The lowest BCUT2D eigenvalue weighted by Gasteiger charge is -2.11. The summed E-state index contributed by atoms with van der Waals surface area (Å²) in [7, 11) is 0. The summed E-state index contributed by atoms with van der Waals surface area (Å²) in [4.78, 5) is 23.4. The van der Waals surface area contributed by atoms with Crippen LogP contribution in [0.5, 0.6) is 5.75 Å². The average molecular weight is 294 g/mol. The zero-order valence-electron chi connectivity index (χ0n) is 11.4. The van der Waals surface area contributed by atoms with Crippen LogP contribution in [0.3, 0.4) is 0 Å². The van der Waals surface area contributed by atoms with Crippen LogP contribution >= 0.6 is 0 Å². The summed E-state index contributed by atoms with van der Waals surface area (Å²) in [5.74, 6) is -0.421. The molecule has 5 heteroatoms. The lowest BCUT2D eigenvalue weighted by Crippen LogP contribution is -2.29. The van der Waals surface area contributed by atoms with Crippen LogP contribution in [0.1, 0.15) is 22.2 Å². The minimum atomic E-state index is -1.05. The van der Waals surface area contributed by atoms with Crippen molar-refractivity contribution in [3.63, 3.8) is 0 Å². The third-order valence-corrected chi connectivity index (χ3v) is 3.34. The first kappa shape index (κ1) is 13.9. The Morgan fingerprint density at radius 1 is 1.14 bits per heavy atom. The van der Waals surface area contributed by atoms with E-state index < -0.39 is 11.9 Å². The van der Waals surface area contributed by atoms with Crippen LogP contribution in [0.25, 0.3) is 10.8 Å². The van der Waals surface area contributed by atoms with E-state index in [9.17, 15) is 14.7 Å². The minimum Gasteiger partial charge on any atom is -0.507 e. The van der Waals surface area contributed by atoms with Crippen LogP contribution in [0.15, 0.2) is 59.2 Å². The number of aromatic hydroxyl groups is 1. The third-order valence-electron chi connectivity index (χ3n) is 3.34. The molecule has 1 atom stereocenters. The number of phenolic OH excluding ortho intramolecular Hbond substituents is 1. The molecule has 1 amide bonds. The molecule has 2 aromatic carbocycles. The Bertz CT molecular complexity index is 837. The van der Waals surface area contributed by atoms with Crippen molar-refractivity contribution in [1.82, 2.24) is 5.32 Å². The molecule has 5 nitrogen and oxygen atoms in total. The van der Waals surface area contributed by atoms with Gasteiger partial charge in [-0.05, 0) is 12.1 Å². The van der Waals surface area contributed by atoms with E-state index in [0.717, 1.165) is 10.8 Å². The number of fused-ring (bicyclic) bond motifs is 1. The molecular weight excluding hydrogens is 282 g/mol.